The zero-order valence-electron chi connectivity index (χ0n) is 17.9. The Hall–Kier alpha value is -3.46. The first-order valence-corrected chi connectivity index (χ1v) is 10.6. The average molecular weight is 442 g/mol. The fourth-order valence-corrected chi connectivity index (χ4v) is 3.56. The van der Waals surface area contributed by atoms with Crippen LogP contribution in [0, 0.1) is 5.82 Å². The molecule has 0 radical (unpaired) electrons. The Bertz CT molecular complexity index is 972. The van der Waals surface area contributed by atoms with E-state index in [0.29, 0.717) is 44.7 Å². The van der Waals surface area contributed by atoms with Gasteiger partial charge in [-0.25, -0.2) is 9.18 Å². The summed E-state index contributed by atoms with van der Waals surface area (Å²) in [6.45, 7) is 4.62. The van der Waals surface area contributed by atoms with E-state index in [2.05, 4.69) is 15.5 Å². The first-order valence-electron chi connectivity index (χ1n) is 10.6. The van der Waals surface area contributed by atoms with Crippen LogP contribution in [0.3, 0.4) is 0 Å². The van der Waals surface area contributed by atoms with Gasteiger partial charge in [0.2, 0.25) is 11.8 Å². The molecule has 0 saturated carbocycles. The summed E-state index contributed by atoms with van der Waals surface area (Å²) in [5, 5.41) is 15.0. The normalized spacial score (nSPS) is 14.1. The Morgan fingerprint density at radius 2 is 1.66 bits per heavy atom. The lowest BCUT2D eigenvalue weighted by Gasteiger charge is -2.36. The van der Waals surface area contributed by atoms with Crippen LogP contribution in [-0.4, -0.2) is 60.5 Å². The summed E-state index contributed by atoms with van der Waals surface area (Å²) < 4.78 is 13.0. The van der Waals surface area contributed by atoms with E-state index in [1.807, 2.05) is 11.8 Å². The maximum absolute atomic E-state index is 13.0. The van der Waals surface area contributed by atoms with E-state index in [1.54, 1.807) is 18.2 Å². The van der Waals surface area contributed by atoms with Crippen LogP contribution in [0.15, 0.2) is 42.5 Å². The Morgan fingerprint density at radius 1 is 0.969 bits per heavy atom. The second-order valence-electron chi connectivity index (χ2n) is 7.65. The summed E-state index contributed by atoms with van der Waals surface area (Å²) in [4.78, 5) is 39.9. The van der Waals surface area contributed by atoms with Crippen LogP contribution < -0.4 is 15.5 Å². The predicted molar refractivity (Wildman–Crippen MR) is 121 cm³/mol. The van der Waals surface area contributed by atoms with Crippen LogP contribution >= 0.6 is 0 Å². The lowest BCUT2D eigenvalue weighted by atomic mass is 10.1. The number of amides is 2. The number of piperazine rings is 1. The highest BCUT2D eigenvalue weighted by atomic mass is 19.1. The van der Waals surface area contributed by atoms with Crippen LogP contribution in [0.5, 0.6) is 0 Å². The number of aromatic carboxylic acids is 1. The van der Waals surface area contributed by atoms with E-state index in [1.165, 1.54) is 24.3 Å². The molecular formula is C23H27FN4O4. The zero-order valence-corrected chi connectivity index (χ0v) is 17.9. The molecule has 2 amide bonds. The average Bonchev–Trinajstić information content (AvgIpc) is 2.76. The van der Waals surface area contributed by atoms with E-state index in [-0.39, 0.29) is 35.4 Å². The summed E-state index contributed by atoms with van der Waals surface area (Å²) >= 11 is 0. The minimum absolute atomic E-state index is 0.0491. The number of anilines is 3. The minimum atomic E-state index is -1.10. The summed E-state index contributed by atoms with van der Waals surface area (Å²) in [6, 6.07) is 10.6. The fraction of sp³-hybridized carbons (Fsp3) is 0.348. The van der Waals surface area contributed by atoms with E-state index < -0.39 is 5.97 Å². The number of halogens is 1. The number of hydrogen-bond donors (Lipinski definition) is 3. The Kier molecular flexibility index (Phi) is 7.77. The molecular weight excluding hydrogens is 415 g/mol. The molecule has 3 N–H and O–H groups in total. The monoisotopic (exact) mass is 442 g/mol. The molecule has 1 heterocycles. The molecule has 8 nitrogen and oxygen atoms in total. The van der Waals surface area contributed by atoms with Gasteiger partial charge >= 0.3 is 5.97 Å². The van der Waals surface area contributed by atoms with Crippen molar-refractivity contribution >= 4 is 34.8 Å². The molecule has 1 aliphatic heterocycles. The molecule has 9 heteroatoms. The van der Waals surface area contributed by atoms with Gasteiger partial charge in [-0.15, -0.1) is 0 Å². The fourth-order valence-electron chi connectivity index (χ4n) is 3.56. The number of benzene rings is 2. The molecule has 2 aromatic rings. The van der Waals surface area contributed by atoms with Crippen LogP contribution in [0.4, 0.5) is 21.5 Å². The highest BCUT2D eigenvalue weighted by molar-refractivity contribution is 6.01. The van der Waals surface area contributed by atoms with Crippen molar-refractivity contribution in [2.75, 3.05) is 48.3 Å². The second-order valence-corrected chi connectivity index (χ2v) is 7.65. The van der Waals surface area contributed by atoms with E-state index in [9.17, 15) is 23.9 Å². The molecule has 1 saturated heterocycles. The Morgan fingerprint density at radius 3 is 2.28 bits per heavy atom. The zero-order chi connectivity index (χ0) is 23.1. The highest BCUT2D eigenvalue weighted by Gasteiger charge is 2.21. The van der Waals surface area contributed by atoms with Crippen molar-refractivity contribution < 1.29 is 23.9 Å². The number of nitrogens with one attached hydrogen (secondary N) is 2. The molecule has 0 bridgehead atoms. The molecule has 0 spiro atoms. The Balaban J connectivity index is 1.56. The van der Waals surface area contributed by atoms with Crippen LogP contribution in [0.25, 0.3) is 0 Å². The van der Waals surface area contributed by atoms with Gasteiger partial charge in [0.25, 0.3) is 0 Å². The smallest absolute Gasteiger partial charge is 0.337 e. The lowest BCUT2D eigenvalue weighted by molar-refractivity contribution is -0.117. The molecule has 1 aliphatic rings. The van der Waals surface area contributed by atoms with Crippen molar-refractivity contribution in [2.45, 2.75) is 19.8 Å². The van der Waals surface area contributed by atoms with E-state index in [4.69, 9.17) is 0 Å². The largest absolute Gasteiger partial charge is 0.478 e. The molecule has 32 heavy (non-hydrogen) atoms. The third kappa shape index (κ3) is 6.27. The highest BCUT2D eigenvalue weighted by Crippen LogP contribution is 2.25. The quantitative estimate of drug-likeness (QED) is 0.581. The van der Waals surface area contributed by atoms with Crippen molar-refractivity contribution in [3.8, 4) is 0 Å². The summed E-state index contributed by atoms with van der Waals surface area (Å²) in [6.07, 6.45) is 1.01. The van der Waals surface area contributed by atoms with E-state index in [0.717, 1.165) is 5.69 Å². The maximum Gasteiger partial charge on any atom is 0.337 e. The first-order chi connectivity index (χ1) is 15.4. The van der Waals surface area contributed by atoms with Crippen LogP contribution in [0.2, 0.25) is 0 Å². The van der Waals surface area contributed by atoms with Gasteiger partial charge in [-0.05, 0) is 48.9 Å². The standard InChI is InChI=1S/C23H27FN4O4/c1-2-3-21(29)26-20-9-8-18(14-19(20)23(31)32)28-12-10-27(11-13-28)15-22(30)25-17-6-4-16(24)5-7-17/h4-9,14H,2-3,10-13,15H2,1H3,(H,25,30)(H,26,29)(H,31,32). The van der Waals surface area contributed by atoms with Gasteiger partial charge in [0.1, 0.15) is 5.82 Å². The van der Waals surface area contributed by atoms with Crippen molar-refractivity contribution in [3.05, 3.63) is 53.8 Å². The molecule has 1 fully saturated rings. The maximum atomic E-state index is 13.0. The van der Waals surface area contributed by atoms with Gasteiger partial charge in [-0.1, -0.05) is 6.92 Å². The van der Waals surface area contributed by atoms with Gasteiger partial charge in [-0.2, -0.15) is 0 Å². The number of carboxylic acid groups (broad SMARTS) is 1. The third-order valence-corrected chi connectivity index (χ3v) is 5.22. The van der Waals surface area contributed by atoms with Crippen molar-refractivity contribution in [2.24, 2.45) is 0 Å². The SMILES string of the molecule is CCCC(=O)Nc1ccc(N2CCN(CC(=O)Nc3ccc(F)cc3)CC2)cc1C(=O)O. The molecule has 0 unspecified atom stereocenters. The molecule has 0 aliphatic carbocycles. The van der Waals surface area contributed by atoms with Crippen molar-refractivity contribution in [1.29, 1.82) is 0 Å². The van der Waals surface area contributed by atoms with Gasteiger partial charge in [0.05, 0.1) is 17.8 Å². The Labute approximate surface area is 186 Å². The van der Waals surface area contributed by atoms with Gasteiger partial charge in [0.15, 0.2) is 0 Å². The third-order valence-electron chi connectivity index (χ3n) is 5.22. The predicted octanol–water partition coefficient (Wildman–Crippen LogP) is 3.02. The summed E-state index contributed by atoms with van der Waals surface area (Å²) in [5.41, 5.74) is 1.64. The number of hydrogen-bond acceptors (Lipinski definition) is 5. The lowest BCUT2D eigenvalue weighted by Crippen LogP contribution is -2.48. The number of carboxylic acids is 1. The van der Waals surface area contributed by atoms with Gasteiger partial charge < -0.3 is 20.6 Å². The topological polar surface area (TPSA) is 102 Å². The minimum Gasteiger partial charge on any atom is -0.478 e. The van der Waals surface area contributed by atoms with E-state index >= 15 is 0 Å². The second kappa shape index (κ2) is 10.7. The number of nitrogens with zero attached hydrogens (tertiary/aromatic N) is 2. The molecule has 0 aromatic heterocycles. The molecule has 170 valence electrons. The number of carbonyl (C=O) groups is 3. The van der Waals surface area contributed by atoms with Crippen molar-refractivity contribution in [3.63, 3.8) is 0 Å². The van der Waals surface area contributed by atoms with Gasteiger partial charge in [-0.3, -0.25) is 14.5 Å². The number of carbonyl (C=O) groups excluding carboxylic acids is 2. The van der Waals surface area contributed by atoms with Crippen molar-refractivity contribution in [1.82, 2.24) is 4.90 Å². The molecule has 2 aromatic carbocycles. The summed E-state index contributed by atoms with van der Waals surface area (Å²) in [5.74, 6) is -1.85. The summed E-state index contributed by atoms with van der Waals surface area (Å²) in [7, 11) is 0. The van der Waals surface area contributed by atoms with Gasteiger partial charge in [0, 0.05) is 44.0 Å². The van der Waals surface area contributed by atoms with Crippen LogP contribution in [-0.2, 0) is 9.59 Å². The number of rotatable bonds is 8. The first kappa shape index (κ1) is 23.2. The molecule has 0 atom stereocenters. The van der Waals surface area contributed by atoms with Crippen LogP contribution in [0.1, 0.15) is 30.1 Å². The molecule has 3 rings (SSSR count).